The van der Waals surface area contributed by atoms with Crippen molar-refractivity contribution in [1.29, 1.82) is 5.26 Å². The second-order valence-electron chi connectivity index (χ2n) is 6.83. The van der Waals surface area contributed by atoms with Gasteiger partial charge in [-0.1, -0.05) is 42.4 Å². The molecule has 0 N–H and O–H groups in total. The van der Waals surface area contributed by atoms with Gasteiger partial charge in [0.05, 0.1) is 17.3 Å². The molecule has 156 valence electrons. The van der Waals surface area contributed by atoms with Crippen LogP contribution in [0.3, 0.4) is 0 Å². The maximum Gasteiger partial charge on any atom is 0.247 e. The fraction of sp³-hybridized carbons (Fsp3) is 0.227. The van der Waals surface area contributed by atoms with Gasteiger partial charge in [-0.15, -0.1) is 10.2 Å². The molecule has 1 aliphatic rings. The molecule has 3 aromatic rings. The Labute approximate surface area is 189 Å². The quantitative estimate of drug-likeness (QED) is 0.514. The first kappa shape index (κ1) is 21.1. The lowest BCUT2D eigenvalue weighted by Gasteiger charge is -2.31. The molecule has 7 nitrogen and oxygen atoms in total. The molecule has 0 aliphatic carbocycles. The number of carbonyl (C=O) groups excluding carboxylic acids is 1. The lowest BCUT2D eigenvalue weighted by molar-refractivity contribution is -0.120. The summed E-state index contributed by atoms with van der Waals surface area (Å²) >= 11 is 7.63. The van der Waals surface area contributed by atoms with E-state index in [1.807, 2.05) is 13.2 Å². The molecule has 0 bridgehead atoms. The van der Waals surface area contributed by atoms with E-state index in [0.29, 0.717) is 51.1 Å². The third-order valence-corrected chi connectivity index (χ3v) is 5.58. The molecule has 0 saturated heterocycles. The second-order valence-corrected chi connectivity index (χ2v) is 8.04. The summed E-state index contributed by atoms with van der Waals surface area (Å²) in [5.74, 6) is 0.162. The smallest absolute Gasteiger partial charge is 0.247 e. The van der Waals surface area contributed by atoms with Gasteiger partial charge in [-0.2, -0.15) is 10.2 Å². The maximum absolute atomic E-state index is 13.3. The molecule has 2 aromatic carbocycles. The number of ether oxygens (including phenoxy) is 1. The highest BCUT2D eigenvalue weighted by atomic mass is 35.5. The number of benzene rings is 2. The number of rotatable bonds is 4. The highest BCUT2D eigenvalue weighted by Gasteiger charge is 2.35. The van der Waals surface area contributed by atoms with Crippen LogP contribution in [0.25, 0.3) is 11.3 Å². The van der Waals surface area contributed by atoms with Gasteiger partial charge >= 0.3 is 0 Å². The summed E-state index contributed by atoms with van der Waals surface area (Å²) < 4.78 is 6.31. The Morgan fingerprint density at radius 3 is 2.71 bits per heavy atom. The van der Waals surface area contributed by atoms with Crippen LogP contribution in [0.15, 0.2) is 47.6 Å². The molecule has 0 radical (unpaired) electrons. The minimum absolute atomic E-state index is 0.105. The topological polar surface area (TPSA) is 92.0 Å². The van der Waals surface area contributed by atoms with Crippen molar-refractivity contribution in [3.8, 4) is 23.2 Å². The molecular weight excluding hydrogens is 434 g/mol. The van der Waals surface area contributed by atoms with Crippen LogP contribution >= 0.6 is 23.4 Å². The Bertz CT molecular complexity index is 1180. The van der Waals surface area contributed by atoms with Crippen molar-refractivity contribution in [3.63, 3.8) is 0 Å². The lowest BCUT2D eigenvalue weighted by Crippen LogP contribution is -2.37. The van der Waals surface area contributed by atoms with E-state index in [2.05, 4.69) is 21.3 Å². The standard InChI is InChI=1S/C22H18ClN5O2S/c1-3-4-18(29)28-17-10-9-15(23)11-16(17)19-20(25-22(31-2)27-26-19)30-21(28)14-7-5-13(12-24)6-8-14/h5-11,21H,3-4H2,1-2H3/t21-/m0/s1. The van der Waals surface area contributed by atoms with Crippen LogP contribution in [0.4, 0.5) is 5.69 Å². The van der Waals surface area contributed by atoms with E-state index < -0.39 is 6.23 Å². The fourth-order valence-corrected chi connectivity index (χ4v) is 3.84. The monoisotopic (exact) mass is 451 g/mol. The van der Waals surface area contributed by atoms with Gasteiger partial charge in [-0.3, -0.25) is 9.69 Å². The van der Waals surface area contributed by atoms with E-state index in [0.717, 1.165) is 0 Å². The van der Waals surface area contributed by atoms with Gasteiger partial charge in [-0.25, -0.2) is 0 Å². The Morgan fingerprint density at radius 1 is 1.26 bits per heavy atom. The number of nitrogens with zero attached hydrogens (tertiary/aromatic N) is 5. The molecule has 31 heavy (non-hydrogen) atoms. The van der Waals surface area contributed by atoms with E-state index >= 15 is 0 Å². The van der Waals surface area contributed by atoms with Crippen molar-refractivity contribution in [2.45, 2.75) is 31.1 Å². The normalized spacial score (nSPS) is 14.6. The van der Waals surface area contributed by atoms with Crippen molar-refractivity contribution in [1.82, 2.24) is 15.2 Å². The molecule has 1 aliphatic heterocycles. The van der Waals surface area contributed by atoms with Crippen LogP contribution in [0.1, 0.15) is 37.1 Å². The molecular formula is C22H18ClN5O2S. The molecule has 0 spiro atoms. The first-order valence-electron chi connectivity index (χ1n) is 9.63. The highest BCUT2D eigenvalue weighted by molar-refractivity contribution is 7.98. The highest BCUT2D eigenvalue weighted by Crippen LogP contribution is 2.44. The summed E-state index contributed by atoms with van der Waals surface area (Å²) in [6.45, 7) is 1.95. The summed E-state index contributed by atoms with van der Waals surface area (Å²) in [6.07, 6.45) is 2.07. The first-order chi connectivity index (χ1) is 15.0. The van der Waals surface area contributed by atoms with Crippen molar-refractivity contribution < 1.29 is 9.53 Å². The van der Waals surface area contributed by atoms with E-state index in [1.54, 1.807) is 47.4 Å². The number of hydrogen-bond acceptors (Lipinski definition) is 7. The summed E-state index contributed by atoms with van der Waals surface area (Å²) in [6, 6.07) is 14.3. The van der Waals surface area contributed by atoms with E-state index in [9.17, 15) is 4.79 Å². The number of aromatic nitrogens is 3. The molecule has 0 saturated carbocycles. The number of nitriles is 1. The zero-order valence-corrected chi connectivity index (χ0v) is 18.4. The van der Waals surface area contributed by atoms with Gasteiger partial charge in [0.15, 0.2) is 5.69 Å². The second kappa shape index (κ2) is 8.92. The van der Waals surface area contributed by atoms with Gasteiger partial charge in [0.1, 0.15) is 0 Å². The number of thioether (sulfide) groups is 1. The molecule has 2 heterocycles. The van der Waals surface area contributed by atoms with Gasteiger partial charge in [0.25, 0.3) is 0 Å². The summed E-state index contributed by atoms with van der Waals surface area (Å²) in [7, 11) is 0. The van der Waals surface area contributed by atoms with Gasteiger partial charge in [0, 0.05) is 22.6 Å². The Morgan fingerprint density at radius 2 is 2.03 bits per heavy atom. The van der Waals surface area contributed by atoms with Crippen LogP contribution in [-0.4, -0.2) is 27.3 Å². The van der Waals surface area contributed by atoms with E-state index in [4.69, 9.17) is 21.6 Å². The summed E-state index contributed by atoms with van der Waals surface area (Å²) in [4.78, 5) is 19.4. The van der Waals surface area contributed by atoms with Crippen molar-refractivity contribution in [2.24, 2.45) is 0 Å². The van der Waals surface area contributed by atoms with Crippen LogP contribution in [-0.2, 0) is 4.79 Å². The third kappa shape index (κ3) is 4.07. The number of hydrogen-bond donors (Lipinski definition) is 0. The number of anilines is 1. The molecule has 9 heteroatoms. The van der Waals surface area contributed by atoms with Crippen LogP contribution in [0, 0.1) is 11.3 Å². The molecule has 0 fully saturated rings. The summed E-state index contributed by atoms with van der Waals surface area (Å²) in [5.41, 5.74) is 2.88. The van der Waals surface area contributed by atoms with Crippen LogP contribution in [0.5, 0.6) is 5.88 Å². The SMILES string of the molecule is CCCC(=O)N1c2ccc(Cl)cc2-c2nnc(SC)nc2O[C@H]1c1ccc(C#N)cc1. The van der Waals surface area contributed by atoms with Crippen molar-refractivity contribution in [3.05, 3.63) is 58.6 Å². The summed E-state index contributed by atoms with van der Waals surface area (Å²) in [5, 5.41) is 18.6. The molecule has 1 atom stereocenters. The van der Waals surface area contributed by atoms with Crippen LogP contribution < -0.4 is 9.64 Å². The van der Waals surface area contributed by atoms with Gasteiger partial charge < -0.3 is 4.74 Å². The van der Waals surface area contributed by atoms with Gasteiger partial charge in [-0.05, 0) is 43.0 Å². The Kier molecular flexibility index (Phi) is 6.07. The van der Waals surface area contributed by atoms with E-state index in [-0.39, 0.29) is 11.8 Å². The van der Waals surface area contributed by atoms with Gasteiger partial charge in [0.2, 0.25) is 23.2 Å². The van der Waals surface area contributed by atoms with Crippen molar-refractivity contribution >= 4 is 35.0 Å². The predicted octanol–water partition coefficient (Wildman–Crippen LogP) is 5.01. The number of fused-ring (bicyclic) bond motifs is 3. The number of halogens is 1. The lowest BCUT2D eigenvalue weighted by atomic mass is 10.1. The molecule has 4 rings (SSSR count). The predicted molar refractivity (Wildman–Crippen MR) is 119 cm³/mol. The third-order valence-electron chi connectivity index (χ3n) is 4.81. The van der Waals surface area contributed by atoms with Crippen LogP contribution in [0.2, 0.25) is 5.02 Å². The zero-order chi connectivity index (χ0) is 22.0. The van der Waals surface area contributed by atoms with Crippen molar-refractivity contribution in [2.75, 3.05) is 11.2 Å². The van der Waals surface area contributed by atoms with E-state index in [1.165, 1.54) is 11.8 Å². The minimum atomic E-state index is -0.792. The average molecular weight is 452 g/mol. The Hall–Kier alpha value is -3.15. The first-order valence-corrected chi connectivity index (χ1v) is 11.2. The number of amides is 1. The maximum atomic E-state index is 13.3. The fourth-order valence-electron chi connectivity index (χ4n) is 3.37. The molecule has 1 aromatic heterocycles. The number of carbonyl (C=O) groups is 1. The largest absolute Gasteiger partial charge is 0.447 e. The molecule has 0 unspecified atom stereocenters. The zero-order valence-electron chi connectivity index (χ0n) is 16.9. The Balaban J connectivity index is 1.96. The average Bonchev–Trinajstić information content (AvgIpc) is 2.93. The minimum Gasteiger partial charge on any atom is -0.447 e. The molecule has 1 amide bonds.